The molecule has 0 atom stereocenters. The second kappa shape index (κ2) is 10.6. The number of carbonyl (C=O) groups excluding carboxylic acids is 2. The largest absolute Gasteiger partial charge is 0.382 e. The molecule has 2 aromatic rings. The van der Waals surface area contributed by atoms with Gasteiger partial charge in [0.2, 0.25) is 5.91 Å². The summed E-state index contributed by atoms with van der Waals surface area (Å²) in [4.78, 5) is 24.7. The van der Waals surface area contributed by atoms with Crippen molar-refractivity contribution >= 4 is 27.3 Å². The van der Waals surface area contributed by atoms with E-state index in [9.17, 15) is 18.0 Å². The number of benzene rings is 2. The predicted molar refractivity (Wildman–Crippen MR) is 107 cm³/mol. The van der Waals surface area contributed by atoms with Crippen LogP contribution in [0.3, 0.4) is 0 Å². The fourth-order valence-corrected chi connectivity index (χ4v) is 3.63. The Hall–Kier alpha value is -2.71. The Labute approximate surface area is 165 Å². The van der Waals surface area contributed by atoms with Crippen molar-refractivity contribution in [1.82, 2.24) is 5.32 Å². The van der Waals surface area contributed by atoms with Crippen LogP contribution in [0.15, 0.2) is 59.5 Å². The Bertz CT molecular complexity index is 898. The number of rotatable bonds is 10. The summed E-state index contributed by atoms with van der Waals surface area (Å²) in [6.45, 7) is 3.50. The first-order chi connectivity index (χ1) is 13.4. The zero-order valence-corrected chi connectivity index (χ0v) is 16.5. The van der Waals surface area contributed by atoms with E-state index in [0.717, 1.165) is 0 Å². The highest BCUT2D eigenvalue weighted by Crippen LogP contribution is 2.16. The van der Waals surface area contributed by atoms with E-state index in [0.29, 0.717) is 26.2 Å². The standard InChI is InChI=1S/C20H24N2O5S/c1-2-27-14-8-13-21-20(24)17-11-6-7-12-18(17)22-19(23)15-28(25,26)16-9-4-3-5-10-16/h3-7,9-12H,2,8,13-15H2,1H3,(H,21,24)(H,22,23). The lowest BCUT2D eigenvalue weighted by atomic mass is 10.1. The van der Waals surface area contributed by atoms with Gasteiger partial charge in [-0.3, -0.25) is 9.59 Å². The predicted octanol–water partition coefficient (Wildman–Crippen LogP) is 2.26. The second-order valence-corrected chi connectivity index (χ2v) is 7.96. The molecular weight excluding hydrogens is 380 g/mol. The minimum Gasteiger partial charge on any atom is -0.382 e. The first kappa shape index (κ1) is 21.6. The third kappa shape index (κ3) is 6.47. The maximum atomic E-state index is 12.4. The molecule has 2 N–H and O–H groups in total. The van der Waals surface area contributed by atoms with E-state index in [1.807, 2.05) is 6.92 Å². The fourth-order valence-electron chi connectivity index (χ4n) is 2.48. The van der Waals surface area contributed by atoms with Gasteiger partial charge in [-0.1, -0.05) is 30.3 Å². The number of para-hydroxylation sites is 1. The molecule has 8 heteroatoms. The van der Waals surface area contributed by atoms with Crippen LogP contribution in [0.25, 0.3) is 0 Å². The zero-order valence-electron chi connectivity index (χ0n) is 15.7. The number of sulfone groups is 1. The summed E-state index contributed by atoms with van der Waals surface area (Å²) in [6, 6.07) is 14.2. The van der Waals surface area contributed by atoms with Crippen LogP contribution in [0, 0.1) is 0 Å². The van der Waals surface area contributed by atoms with Crippen LogP contribution in [-0.4, -0.2) is 45.7 Å². The van der Waals surface area contributed by atoms with Gasteiger partial charge in [-0.2, -0.15) is 0 Å². The summed E-state index contributed by atoms with van der Waals surface area (Å²) >= 11 is 0. The fraction of sp³-hybridized carbons (Fsp3) is 0.300. The summed E-state index contributed by atoms with van der Waals surface area (Å²) in [6.07, 6.45) is 0.670. The number of anilines is 1. The maximum Gasteiger partial charge on any atom is 0.253 e. The number of ether oxygens (including phenoxy) is 1. The van der Waals surface area contributed by atoms with E-state index in [-0.39, 0.29) is 22.1 Å². The molecule has 0 aliphatic carbocycles. The van der Waals surface area contributed by atoms with Gasteiger partial charge in [-0.25, -0.2) is 8.42 Å². The maximum absolute atomic E-state index is 12.4. The van der Waals surface area contributed by atoms with Crippen molar-refractivity contribution in [3.8, 4) is 0 Å². The lowest BCUT2D eigenvalue weighted by Gasteiger charge is -2.12. The zero-order chi connectivity index (χ0) is 20.4. The molecule has 0 radical (unpaired) electrons. The molecule has 0 aromatic heterocycles. The minimum atomic E-state index is -3.76. The SMILES string of the molecule is CCOCCCNC(=O)c1ccccc1NC(=O)CS(=O)(=O)c1ccccc1. The molecular formula is C20H24N2O5S. The highest BCUT2D eigenvalue weighted by atomic mass is 32.2. The molecule has 28 heavy (non-hydrogen) atoms. The van der Waals surface area contributed by atoms with Gasteiger partial charge in [0.25, 0.3) is 5.91 Å². The minimum absolute atomic E-state index is 0.0745. The van der Waals surface area contributed by atoms with Crippen molar-refractivity contribution in [3.05, 3.63) is 60.2 Å². The van der Waals surface area contributed by atoms with Gasteiger partial charge in [-0.15, -0.1) is 0 Å². The molecule has 0 saturated carbocycles. The summed E-state index contributed by atoms with van der Waals surface area (Å²) in [7, 11) is -3.76. The van der Waals surface area contributed by atoms with Gasteiger partial charge < -0.3 is 15.4 Å². The lowest BCUT2D eigenvalue weighted by molar-refractivity contribution is -0.113. The second-order valence-electron chi connectivity index (χ2n) is 5.97. The van der Waals surface area contributed by atoms with E-state index >= 15 is 0 Å². The molecule has 2 amide bonds. The van der Waals surface area contributed by atoms with E-state index in [1.54, 1.807) is 42.5 Å². The molecule has 2 rings (SSSR count). The summed E-state index contributed by atoms with van der Waals surface area (Å²) in [5, 5.41) is 5.28. The summed E-state index contributed by atoms with van der Waals surface area (Å²) in [5.41, 5.74) is 0.530. The monoisotopic (exact) mass is 404 g/mol. The number of hydrogen-bond donors (Lipinski definition) is 2. The van der Waals surface area contributed by atoms with Gasteiger partial charge in [0, 0.05) is 19.8 Å². The average Bonchev–Trinajstić information content (AvgIpc) is 2.68. The van der Waals surface area contributed by atoms with Crippen molar-refractivity contribution in [1.29, 1.82) is 0 Å². The van der Waals surface area contributed by atoms with E-state index < -0.39 is 21.5 Å². The number of carbonyl (C=O) groups is 2. The van der Waals surface area contributed by atoms with Gasteiger partial charge in [0.15, 0.2) is 9.84 Å². The van der Waals surface area contributed by atoms with Crippen LogP contribution in [-0.2, 0) is 19.4 Å². The third-order valence-corrected chi connectivity index (χ3v) is 5.46. The smallest absolute Gasteiger partial charge is 0.253 e. The first-order valence-corrected chi connectivity index (χ1v) is 10.6. The first-order valence-electron chi connectivity index (χ1n) is 8.96. The molecule has 0 fully saturated rings. The normalized spacial score (nSPS) is 11.0. The van der Waals surface area contributed by atoms with Gasteiger partial charge in [-0.05, 0) is 37.6 Å². The highest BCUT2D eigenvalue weighted by molar-refractivity contribution is 7.92. The van der Waals surface area contributed by atoms with Gasteiger partial charge in [0.1, 0.15) is 5.75 Å². The summed E-state index contributed by atoms with van der Waals surface area (Å²) in [5.74, 6) is -1.76. The Morgan fingerprint density at radius 2 is 1.68 bits per heavy atom. The molecule has 0 saturated heterocycles. The van der Waals surface area contributed by atoms with Crippen LogP contribution in [0.2, 0.25) is 0 Å². The molecule has 0 unspecified atom stereocenters. The van der Waals surface area contributed by atoms with Crippen molar-refractivity contribution in [3.63, 3.8) is 0 Å². The summed E-state index contributed by atoms with van der Waals surface area (Å²) < 4.78 is 29.9. The van der Waals surface area contributed by atoms with Crippen LogP contribution >= 0.6 is 0 Å². The van der Waals surface area contributed by atoms with Crippen LogP contribution in [0.1, 0.15) is 23.7 Å². The molecule has 2 aromatic carbocycles. The van der Waals surface area contributed by atoms with Crippen molar-refractivity contribution in [2.75, 3.05) is 30.8 Å². The van der Waals surface area contributed by atoms with Crippen molar-refractivity contribution in [2.45, 2.75) is 18.2 Å². The molecule has 0 aliphatic heterocycles. The molecule has 0 aliphatic rings. The van der Waals surface area contributed by atoms with E-state index in [2.05, 4.69) is 10.6 Å². The van der Waals surface area contributed by atoms with E-state index in [1.165, 1.54) is 12.1 Å². The number of amides is 2. The Morgan fingerprint density at radius 1 is 1.00 bits per heavy atom. The lowest BCUT2D eigenvalue weighted by Crippen LogP contribution is -2.28. The number of nitrogens with one attached hydrogen (secondary N) is 2. The third-order valence-electron chi connectivity index (χ3n) is 3.82. The highest BCUT2D eigenvalue weighted by Gasteiger charge is 2.20. The quantitative estimate of drug-likeness (QED) is 0.592. The van der Waals surface area contributed by atoms with Crippen LogP contribution in [0.4, 0.5) is 5.69 Å². The van der Waals surface area contributed by atoms with Crippen molar-refractivity contribution in [2.24, 2.45) is 0 Å². The van der Waals surface area contributed by atoms with Crippen LogP contribution < -0.4 is 10.6 Å². The molecule has 7 nitrogen and oxygen atoms in total. The molecule has 0 heterocycles. The Kier molecular flexibility index (Phi) is 8.16. The average molecular weight is 404 g/mol. The van der Waals surface area contributed by atoms with Gasteiger partial charge in [0.05, 0.1) is 16.1 Å². The van der Waals surface area contributed by atoms with E-state index in [4.69, 9.17) is 4.74 Å². The Morgan fingerprint density at radius 3 is 2.39 bits per heavy atom. The molecule has 0 spiro atoms. The molecule has 0 bridgehead atoms. The topological polar surface area (TPSA) is 102 Å². The van der Waals surface area contributed by atoms with Crippen LogP contribution in [0.5, 0.6) is 0 Å². The molecule has 150 valence electrons. The number of hydrogen-bond acceptors (Lipinski definition) is 5. The van der Waals surface area contributed by atoms with Crippen molar-refractivity contribution < 1.29 is 22.7 Å². The Balaban J connectivity index is 2.00. The van der Waals surface area contributed by atoms with Gasteiger partial charge >= 0.3 is 0 Å².